The van der Waals surface area contributed by atoms with Crippen molar-refractivity contribution in [3.05, 3.63) is 0 Å². The molecular formula is C17H35N3O4. The molecule has 7 heteroatoms. The molecule has 0 fully saturated rings. The van der Waals surface area contributed by atoms with E-state index in [-0.39, 0.29) is 12.1 Å². The van der Waals surface area contributed by atoms with Crippen molar-refractivity contribution in [1.82, 2.24) is 16.0 Å². The van der Waals surface area contributed by atoms with Gasteiger partial charge in [0.25, 0.3) is 0 Å². The monoisotopic (exact) mass is 345 g/mol. The first-order valence-electron chi connectivity index (χ1n) is 8.50. The van der Waals surface area contributed by atoms with Crippen LogP contribution in [0.5, 0.6) is 0 Å². The van der Waals surface area contributed by atoms with Crippen LogP contribution in [0, 0.1) is 0 Å². The van der Waals surface area contributed by atoms with Crippen LogP contribution in [0.25, 0.3) is 0 Å². The summed E-state index contributed by atoms with van der Waals surface area (Å²) in [4.78, 5) is 23.2. The van der Waals surface area contributed by atoms with Gasteiger partial charge in [0.05, 0.1) is 0 Å². The predicted octanol–water partition coefficient (Wildman–Crippen LogP) is 2.79. The molecule has 0 rings (SSSR count). The molecule has 0 aliphatic rings. The van der Waals surface area contributed by atoms with Crippen molar-refractivity contribution >= 4 is 12.2 Å². The van der Waals surface area contributed by atoms with Crippen molar-refractivity contribution in [3.8, 4) is 0 Å². The van der Waals surface area contributed by atoms with Crippen molar-refractivity contribution in [2.24, 2.45) is 0 Å². The molecule has 0 heterocycles. The van der Waals surface area contributed by atoms with E-state index in [4.69, 9.17) is 9.47 Å². The van der Waals surface area contributed by atoms with Crippen molar-refractivity contribution in [3.63, 3.8) is 0 Å². The molecule has 3 N–H and O–H groups in total. The average molecular weight is 345 g/mol. The Morgan fingerprint density at radius 3 is 1.83 bits per heavy atom. The first-order valence-corrected chi connectivity index (χ1v) is 8.50. The predicted molar refractivity (Wildman–Crippen MR) is 95.2 cm³/mol. The summed E-state index contributed by atoms with van der Waals surface area (Å²) in [7, 11) is 0. The summed E-state index contributed by atoms with van der Waals surface area (Å²) < 4.78 is 10.4. The summed E-state index contributed by atoms with van der Waals surface area (Å²) in [6, 6.07) is 0.0118. The van der Waals surface area contributed by atoms with Gasteiger partial charge >= 0.3 is 12.2 Å². The highest BCUT2D eigenvalue weighted by Gasteiger charge is 2.20. The van der Waals surface area contributed by atoms with Gasteiger partial charge in [-0.3, -0.25) is 0 Å². The summed E-state index contributed by atoms with van der Waals surface area (Å²) in [6.07, 6.45) is -0.0614. The lowest BCUT2D eigenvalue weighted by atomic mass is 10.1. The molecule has 0 radical (unpaired) electrons. The van der Waals surface area contributed by atoms with Crippen LogP contribution < -0.4 is 16.0 Å². The molecule has 2 unspecified atom stereocenters. The Morgan fingerprint density at radius 1 is 0.833 bits per heavy atom. The van der Waals surface area contributed by atoms with Crippen LogP contribution in [0.1, 0.15) is 61.8 Å². The number of amides is 2. The van der Waals surface area contributed by atoms with Crippen LogP contribution in [0.2, 0.25) is 0 Å². The molecule has 2 amide bonds. The summed E-state index contributed by atoms with van der Waals surface area (Å²) >= 11 is 0. The van der Waals surface area contributed by atoms with Gasteiger partial charge in [-0.05, 0) is 68.4 Å². The maximum absolute atomic E-state index is 11.7. The molecule has 0 spiro atoms. The lowest BCUT2D eigenvalue weighted by molar-refractivity contribution is 0.0493. The van der Waals surface area contributed by atoms with E-state index in [1.165, 1.54) is 0 Å². The first-order chi connectivity index (χ1) is 10.8. The van der Waals surface area contributed by atoms with Gasteiger partial charge < -0.3 is 25.4 Å². The third kappa shape index (κ3) is 13.0. The summed E-state index contributed by atoms with van der Waals surface area (Å²) in [6.45, 7) is 16.1. The van der Waals surface area contributed by atoms with Crippen molar-refractivity contribution in [1.29, 1.82) is 0 Å². The Morgan fingerprint density at radius 2 is 1.33 bits per heavy atom. The van der Waals surface area contributed by atoms with Gasteiger partial charge in [-0.2, -0.15) is 0 Å². The largest absolute Gasteiger partial charge is 0.444 e. The zero-order valence-corrected chi connectivity index (χ0v) is 16.4. The molecule has 0 aliphatic carbocycles. The van der Waals surface area contributed by atoms with Crippen molar-refractivity contribution in [2.45, 2.75) is 85.1 Å². The molecule has 0 saturated carbocycles. The number of nitrogens with one attached hydrogen (secondary N) is 3. The quantitative estimate of drug-likeness (QED) is 0.618. The average Bonchev–Trinajstić information content (AvgIpc) is 2.33. The highest BCUT2D eigenvalue weighted by atomic mass is 16.6. The van der Waals surface area contributed by atoms with Crippen LogP contribution in [0.3, 0.4) is 0 Å². The Balaban J connectivity index is 3.87. The number of carbonyl (C=O) groups excluding carboxylic acids is 2. The van der Waals surface area contributed by atoms with Crippen molar-refractivity contribution in [2.75, 3.05) is 13.1 Å². The number of alkyl carbamates (subject to hydrolysis) is 2. The van der Waals surface area contributed by atoms with E-state index in [1.807, 2.05) is 55.4 Å². The molecule has 142 valence electrons. The smallest absolute Gasteiger partial charge is 0.407 e. The summed E-state index contributed by atoms with van der Waals surface area (Å²) in [5, 5.41) is 8.83. The van der Waals surface area contributed by atoms with E-state index < -0.39 is 23.4 Å². The fraction of sp³-hybridized carbons (Fsp3) is 0.882. The van der Waals surface area contributed by atoms with Crippen LogP contribution >= 0.6 is 0 Å². The fourth-order valence-electron chi connectivity index (χ4n) is 1.72. The van der Waals surface area contributed by atoms with E-state index in [9.17, 15) is 9.59 Å². The second kappa shape index (κ2) is 9.71. The number of rotatable bonds is 7. The molecule has 24 heavy (non-hydrogen) atoms. The maximum Gasteiger partial charge on any atom is 0.407 e. The fourth-order valence-corrected chi connectivity index (χ4v) is 1.72. The minimum atomic E-state index is -0.506. The molecule has 0 aromatic carbocycles. The van der Waals surface area contributed by atoms with E-state index in [2.05, 4.69) is 16.0 Å². The van der Waals surface area contributed by atoms with E-state index >= 15 is 0 Å². The van der Waals surface area contributed by atoms with Crippen molar-refractivity contribution < 1.29 is 19.1 Å². The number of ether oxygens (including phenoxy) is 2. The molecule has 2 atom stereocenters. The van der Waals surface area contributed by atoms with Crippen LogP contribution in [-0.4, -0.2) is 48.6 Å². The number of hydrogen-bond acceptors (Lipinski definition) is 5. The van der Waals surface area contributed by atoms with Gasteiger partial charge in [-0.25, -0.2) is 9.59 Å². The molecule has 0 aromatic heterocycles. The van der Waals surface area contributed by atoms with E-state index in [1.54, 1.807) is 0 Å². The summed E-state index contributed by atoms with van der Waals surface area (Å²) in [5.74, 6) is 0. The Bertz CT molecular complexity index is 400. The van der Waals surface area contributed by atoms with Gasteiger partial charge in [-0.1, -0.05) is 0 Å². The summed E-state index contributed by atoms with van der Waals surface area (Å²) in [5.41, 5.74) is -0.993. The normalized spacial score (nSPS) is 14.5. The molecular weight excluding hydrogens is 310 g/mol. The van der Waals surface area contributed by atoms with Gasteiger partial charge in [0.15, 0.2) is 0 Å². The van der Waals surface area contributed by atoms with Gasteiger partial charge in [-0.15, -0.1) is 0 Å². The zero-order chi connectivity index (χ0) is 19.0. The minimum Gasteiger partial charge on any atom is -0.444 e. The van der Waals surface area contributed by atoms with Gasteiger partial charge in [0.1, 0.15) is 11.2 Å². The molecule has 0 saturated heterocycles. The topological polar surface area (TPSA) is 88.7 Å². The SMILES string of the molecule is CC(NCCCNC(=O)OC(C)(C)C)C(C)NC(=O)OC(C)(C)C. The van der Waals surface area contributed by atoms with E-state index in [0.717, 1.165) is 13.0 Å². The lowest BCUT2D eigenvalue weighted by Gasteiger charge is -2.25. The zero-order valence-electron chi connectivity index (χ0n) is 16.4. The highest BCUT2D eigenvalue weighted by Crippen LogP contribution is 2.07. The third-order valence-electron chi connectivity index (χ3n) is 2.98. The van der Waals surface area contributed by atoms with Crippen LogP contribution in [0.4, 0.5) is 9.59 Å². The standard InChI is InChI=1S/C17H35N3O4/c1-12(13(2)20-15(22)24-17(6,7)8)18-10-9-11-19-14(21)23-16(3,4)5/h12-13,18H,9-11H2,1-8H3,(H,19,21)(H,20,22). The Hall–Kier alpha value is -1.50. The highest BCUT2D eigenvalue weighted by molar-refractivity contribution is 5.68. The lowest BCUT2D eigenvalue weighted by Crippen LogP contribution is -2.48. The van der Waals surface area contributed by atoms with Gasteiger partial charge in [0.2, 0.25) is 0 Å². The van der Waals surface area contributed by atoms with Crippen LogP contribution in [-0.2, 0) is 9.47 Å². The maximum atomic E-state index is 11.7. The number of carbonyl (C=O) groups is 2. The van der Waals surface area contributed by atoms with Crippen LogP contribution in [0.15, 0.2) is 0 Å². The number of hydrogen-bond donors (Lipinski definition) is 3. The second-order valence-corrected chi connectivity index (χ2v) is 7.96. The molecule has 0 aliphatic heterocycles. The third-order valence-corrected chi connectivity index (χ3v) is 2.98. The molecule has 0 aromatic rings. The molecule has 0 bridgehead atoms. The van der Waals surface area contributed by atoms with Gasteiger partial charge in [0, 0.05) is 18.6 Å². The molecule has 7 nitrogen and oxygen atoms in total. The Kier molecular flexibility index (Phi) is 9.11. The second-order valence-electron chi connectivity index (χ2n) is 7.96. The first kappa shape index (κ1) is 22.5. The van der Waals surface area contributed by atoms with E-state index in [0.29, 0.717) is 6.54 Å². The minimum absolute atomic E-state index is 0.0707. The Labute approximate surface area is 146 Å².